The lowest BCUT2D eigenvalue weighted by Gasteiger charge is -2.38. The minimum absolute atomic E-state index is 0.0165. The minimum atomic E-state index is -3.77. The van der Waals surface area contributed by atoms with Gasteiger partial charge in [0, 0.05) is 41.6 Å². The number of carbonyl (C=O) groups excluding carboxylic acids is 1. The molecule has 41 heavy (non-hydrogen) atoms. The van der Waals surface area contributed by atoms with Crippen LogP contribution in [0.3, 0.4) is 0 Å². The van der Waals surface area contributed by atoms with Crippen LogP contribution >= 0.6 is 0 Å². The first-order chi connectivity index (χ1) is 19.7. The molecular formula is C26H25FN10O3S. The van der Waals surface area contributed by atoms with E-state index in [1.54, 1.807) is 35.4 Å². The van der Waals surface area contributed by atoms with Crippen LogP contribution in [0.5, 0.6) is 0 Å². The zero-order valence-electron chi connectivity index (χ0n) is 21.8. The van der Waals surface area contributed by atoms with E-state index in [0.29, 0.717) is 41.0 Å². The molecule has 2 aliphatic rings. The number of nitrogens with zero attached hydrogens (tertiary/aromatic N) is 8. The number of nitrogens with one attached hydrogen (secondary N) is 1. The van der Waals surface area contributed by atoms with Crippen LogP contribution in [0.2, 0.25) is 0 Å². The number of hydrogen-bond donors (Lipinski definition) is 2. The third-order valence-electron chi connectivity index (χ3n) is 7.99. The van der Waals surface area contributed by atoms with Crippen LogP contribution in [0.25, 0.3) is 22.5 Å². The molecule has 4 aromatic heterocycles. The lowest BCUT2D eigenvalue weighted by molar-refractivity contribution is 0.0556. The molecule has 3 atom stereocenters. The van der Waals surface area contributed by atoms with Gasteiger partial charge in [-0.15, -0.1) is 10.2 Å². The number of benzene rings is 1. The van der Waals surface area contributed by atoms with E-state index in [9.17, 15) is 17.6 Å². The number of carbonyl (C=O) groups is 1. The molecule has 2 fully saturated rings. The van der Waals surface area contributed by atoms with E-state index in [0.717, 1.165) is 19.1 Å². The summed E-state index contributed by atoms with van der Waals surface area (Å²) in [5.74, 6) is -0.633. The van der Waals surface area contributed by atoms with Crippen molar-refractivity contribution in [2.45, 2.75) is 48.6 Å². The number of rotatable bonds is 5. The Labute approximate surface area is 233 Å². The van der Waals surface area contributed by atoms with Gasteiger partial charge in [-0.2, -0.15) is 14.7 Å². The fraction of sp³-hybridized carbons (Fsp3) is 0.308. The van der Waals surface area contributed by atoms with Crippen LogP contribution in [0.1, 0.15) is 47.9 Å². The number of amides is 1. The van der Waals surface area contributed by atoms with E-state index in [1.807, 2.05) is 4.90 Å². The van der Waals surface area contributed by atoms with Crippen LogP contribution in [0.15, 0.2) is 54.1 Å². The van der Waals surface area contributed by atoms with E-state index in [4.69, 9.17) is 10.7 Å². The summed E-state index contributed by atoms with van der Waals surface area (Å²) in [5, 5.41) is 16.4. The topological polar surface area (TPSA) is 170 Å². The number of H-pyrrole nitrogens is 1. The highest BCUT2D eigenvalue weighted by atomic mass is 32.2. The van der Waals surface area contributed by atoms with Crippen molar-refractivity contribution in [2.75, 3.05) is 12.0 Å². The van der Waals surface area contributed by atoms with E-state index in [2.05, 4.69) is 25.4 Å². The summed E-state index contributed by atoms with van der Waals surface area (Å²) < 4.78 is 42.4. The quantitative estimate of drug-likeness (QED) is 0.319. The maximum absolute atomic E-state index is 13.4. The largest absolute Gasteiger partial charge is 0.382 e. The summed E-state index contributed by atoms with van der Waals surface area (Å²) >= 11 is 0. The van der Waals surface area contributed by atoms with E-state index >= 15 is 0 Å². The Morgan fingerprint density at radius 3 is 2.49 bits per heavy atom. The molecule has 2 saturated heterocycles. The summed E-state index contributed by atoms with van der Waals surface area (Å²) in [7, 11) is -3.77. The Morgan fingerprint density at radius 1 is 1.10 bits per heavy atom. The number of aromatic amines is 1. The lowest BCUT2D eigenvalue weighted by Crippen LogP contribution is -2.46. The number of halogens is 1. The van der Waals surface area contributed by atoms with Crippen molar-refractivity contribution in [3.05, 3.63) is 66.5 Å². The summed E-state index contributed by atoms with van der Waals surface area (Å²) in [6.07, 6.45) is 10.1. The van der Waals surface area contributed by atoms with Crippen molar-refractivity contribution in [1.82, 2.24) is 44.5 Å². The predicted molar refractivity (Wildman–Crippen MR) is 144 cm³/mol. The Kier molecular flexibility index (Phi) is 5.67. The molecule has 6 heterocycles. The van der Waals surface area contributed by atoms with Gasteiger partial charge in [-0.05, 0) is 49.9 Å². The molecule has 0 spiro atoms. The number of piperidine rings is 1. The van der Waals surface area contributed by atoms with Crippen molar-refractivity contribution in [3.8, 4) is 16.8 Å². The second-order valence-corrected chi connectivity index (χ2v) is 12.5. The number of nitrogen functional groups attached to an aromatic ring is 1. The Morgan fingerprint density at radius 2 is 1.83 bits per heavy atom. The fourth-order valence-electron chi connectivity index (χ4n) is 6.24. The van der Waals surface area contributed by atoms with Gasteiger partial charge < -0.3 is 15.6 Å². The molecule has 210 valence electrons. The first kappa shape index (κ1) is 25.3. The molecule has 2 aliphatic heterocycles. The standard InChI is InChI=1S/C26H25FN10O3S/c1-41(39,40)22-21(14-8-18-6-7-19(9-14)36(18)26(38)24-29-13-30-34-24)33-25-20(11-32-37(25)23(22)28)15-10-31-35(12-15)17-4-2-16(27)3-5-17/h2-5,10-14,18-19H,6-9,28H2,1H3,(H,29,30,34)/t14?,18-,19+. The van der Waals surface area contributed by atoms with Gasteiger partial charge in [-0.1, -0.05) is 0 Å². The maximum Gasteiger partial charge on any atom is 0.292 e. The van der Waals surface area contributed by atoms with Crippen molar-refractivity contribution in [2.24, 2.45) is 0 Å². The van der Waals surface area contributed by atoms with Gasteiger partial charge >= 0.3 is 0 Å². The van der Waals surface area contributed by atoms with E-state index in [1.165, 1.54) is 23.0 Å². The van der Waals surface area contributed by atoms with Crippen LogP contribution in [-0.4, -0.2) is 77.1 Å². The molecule has 0 saturated carbocycles. The van der Waals surface area contributed by atoms with Gasteiger partial charge in [-0.25, -0.2) is 22.5 Å². The maximum atomic E-state index is 13.4. The van der Waals surface area contributed by atoms with Crippen LogP contribution in [0, 0.1) is 5.82 Å². The van der Waals surface area contributed by atoms with E-state index < -0.39 is 9.84 Å². The number of sulfone groups is 1. The highest BCUT2D eigenvalue weighted by Crippen LogP contribution is 2.45. The monoisotopic (exact) mass is 576 g/mol. The number of aromatic nitrogens is 8. The van der Waals surface area contributed by atoms with Gasteiger partial charge in [0.15, 0.2) is 15.5 Å². The summed E-state index contributed by atoms with van der Waals surface area (Å²) in [5.41, 5.74) is 9.23. The number of hydrogen-bond acceptors (Lipinski definition) is 9. The number of anilines is 1. The molecule has 1 amide bonds. The zero-order chi connectivity index (χ0) is 28.5. The molecule has 1 aromatic carbocycles. The number of nitrogens with two attached hydrogens (primary N) is 1. The first-order valence-electron chi connectivity index (χ1n) is 13.1. The van der Waals surface area contributed by atoms with Gasteiger partial charge in [0.2, 0.25) is 5.82 Å². The van der Waals surface area contributed by atoms with Gasteiger partial charge in [0.05, 0.1) is 23.8 Å². The molecule has 5 aromatic rings. The fourth-order valence-corrected chi connectivity index (χ4v) is 7.30. The molecule has 0 radical (unpaired) electrons. The van der Waals surface area contributed by atoms with Crippen molar-refractivity contribution in [3.63, 3.8) is 0 Å². The second-order valence-electron chi connectivity index (χ2n) is 10.5. The summed E-state index contributed by atoms with van der Waals surface area (Å²) in [6.45, 7) is 0. The average molecular weight is 577 g/mol. The predicted octanol–water partition coefficient (Wildman–Crippen LogP) is 2.38. The Balaban J connectivity index is 1.29. The van der Waals surface area contributed by atoms with Gasteiger partial charge in [0.25, 0.3) is 5.91 Å². The molecule has 13 nitrogen and oxygen atoms in total. The van der Waals surface area contributed by atoms with Crippen LogP contribution < -0.4 is 5.73 Å². The van der Waals surface area contributed by atoms with Crippen LogP contribution in [-0.2, 0) is 9.84 Å². The molecular weight excluding hydrogens is 551 g/mol. The lowest BCUT2D eigenvalue weighted by atomic mass is 9.87. The van der Waals surface area contributed by atoms with Crippen LogP contribution in [0.4, 0.5) is 10.2 Å². The van der Waals surface area contributed by atoms with Crippen molar-refractivity contribution in [1.29, 1.82) is 0 Å². The summed E-state index contributed by atoms with van der Waals surface area (Å²) in [6, 6.07) is 5.74. The summed E-state index contributed by atoms with van der Waals surface area (Å²) in [4.78, 5) is 22.6. The van der Waals surface area contributed by atoms with Crippen molar-refractivity contribution >= 4 is 27.2 Å². The Bertz CT molecular complexity index is 1890. The highest BCUT2D eigenvalue weighted by molar-refractivity contribution is 7.91. The molecule has 3 N–H and O–H groups in total. The third kappa shape index (κ3) is 4.15. The molecule has 7 rings (SSSR count). The molecule has 2 bridgehead atoms. The molecule has 1 unspecified atom stereocenters. The Hall–Kier alpha value is -4.66. The second kappa shape index (κ2) is 9.19. The number of fused-ring (bicyclic) bond motifs is 3. The smallest absolute Gasteiger partial charge is 0.292 e. The van der Waals surface area contributed by atoms with Gasteiger partial charge in [0.1, 0.15) is 22.9 Å². The zero-order valence-corrected chi connectivity index (χ0v) is 22.7. The highest BCUT2D eigenvalue weighted by Gasteiger charge is 2.46. The SMILES string of the molecule is CS(=O)(=O)c1c(C2C[C@H]3CC[C@@H](C2)N3C(=O)c2nnc[nH]2)nc2c(-c3cnn(-c4ccc(F)cc4)c3)cnn2c1N. The van der Waals surface area contributed by atoms with Gasteiger partial charge in [-0.3, -0.25) is 4.79 Å². The average Bonchev–Trinajstić information content (AvgIpc) is 3.74. The van der Waals surface area contributed by atoms with Crippen molar-refractivity contribution < 1.29 is 17.6 Å². The normalized spacial score (nSPS) is 20.6. The third-order valence-corrected chi connectivity index (χ3v) is 9.15. The first-order valence-corrected chi connectivity index (χ1v) is 14.9. The minimum Gasteiger partial charge on any atom is -0.382 e. The molecule has 0 aliphatic carbocycles. The molecule has 15 heteroatoms. The van der Waals surface area contributed by atoms with E-state index in [-0.39, 0.29) is 46.3 Å².